The van der Waals surface area contributed by atoms with Gasteiger partial charge in [0.15, 0.2) is 6.29 Å². The third-order valence-electron chi connectivity index (χ3n) is 3.42. The molecule has 22 heavy (non-hydrogen) atoms. The Labute approximate surface area is 129 Å². The first kappa shape index (κ1) is 14.1. The van der Waals surface area contributed by atoms with E-state index in [4.69, 9.17) is 0 Å². The highest BCUT2D eigenvalue weighted by atomic mass is 16.3. The molecule has 1 aliphatic heterocycles. The maximum Gasteiger partial charge on any atom is 0.196 e. The summed E-state index contributed by atoms with van der Waals surface area (Å²) in [5.41, 5.74) is 1.98. The monoisotopic (exact) mass is 294 g/mol. The van der Waals surface area contributed by atoms with Crippen LogP contribution >= 0.6 is 0 Å². The van der Waals surface area contributed by atoms with Crippen molar-refractivity contribution in [2.75, 3.05) is 11.9 Å². The van der Waals surface area contributed by atoms with Crippen molar-refractivity contribution in [3.8, 4) is 5.75 Å². The number of benzene rings is 1. The van der Waals surface area contributed by atoms with Crippen LogP contribution in [0.15, 0.2) is 65.9 Å². The van der Waals surface area contributed by atoms with Gasteiger partial charge in [0.1, 0.15) is 5.75 Å². The molecular formula is C17H18N4O. The Bertz CT molecular complexity index is 652. The Kier molecular flexibility index (Phi) is 4.34. The van der Waals surface area contributed by atoms with Crippen LogP contribution in [0.2, 0.25) is 0 Å². The summed E-state index contributed by atoms with van der Waals surface area (Å²) >= 11 is 0. The van der Waals surface area contributed by atoms with Gasteiger partial charge < -0.3 is 15.3 Å². The molecule has 0 spiro atoms. The summed E-state index contributed by atoms with van der Waals surface area (Å²) in [7, 11) is 0. The predicted molar refractivity (Wildman–Crippen MR) is 87.8 cm³/mol. The van der Waals surface area contributed by atoms with Crippen molar-refractivity contribution in [1.82, 2.24) is 9.88 Å². The molecule has 0 saturated carbocycles. The standard InChI is InChI=1S/C17H18N4O/c22-16-7-5-15(6-8-16)20-17-19-11-3-12-21(17)13-9-14-4-1-2-10-18-14/h1-8,10-12,17,20,22H,9,13H2. The molecule has 0 saturated heterocycles. The summed E-state index contributed by atoms with van der Waals surface area (Å²) < 4.78 is 0. The van der Waals surface area contributed by atoms with Crippen LogP contribution in [0, 0.1) is 0 Å². The van der Waals surface area contributed by atoms with Crippen molar-refractivity contribution < 1.29 is 5.11 Å². The zero-order valence-electron chi connectivity index (χ0n) is 12.1. The lowest BCUT2D eigenvalue weighted by Crippen LogP contribution is -2.38. The first-order chi connectivity index (χ1) is 10.8. The maximum absolute atomic E-state index is 9.34. The average Bonchev–Trinajstić information content (AvgIpc) is 2.57. The van der Waals surface area contributed by atoms with E-state index >= 15 is 0 Å². The van der Waals surface area contributed by atoms with E-state index in [9.17, 15) is 5.11 Å². The Morgan fingerprint density at radius 2 is 2.00 bits per heavy atom. The first-order valence-electron chi connectivity index (χ1n) is 7.22. The number of hydrogen-bond donors (Lipinski definition) is 2. The fourth-order valence-corrected chi connectivity index (χ4v) is 2.26. The van der Waals surface area contributed by atoms with E-state index < -0.39 is 0 Å². The van der Waals surface area contributed by atoms with E-state index in [-0.39, 0.29) is 12.0 Å². The molecule has 0 radical (unpaired) electrons. The van der Waals surface area contributed by atoms with Gasteiger partial charge in [0.2, 0.25) is 0 Å². The van der Waals surface area contributed by atoms with Crippen LogP contribution in [0.4, 0.5) is 5.69 Å². The van der Waals surface area contributed by atoms with Gasteiger partial charge in [0.05, 0.1) is 0 Å². The zero-order valence-corrected chi connectivity index (χ0v) is 12.1. The molecule has 2 N–H and O–H groups in total. The van der Waals surface area contributed by atoms with Crippen molar-refractivity contribution in [3.63, 3.8) is 0 Å². The van der Waals surface area contributed by atoms with E-state index in [0.717, 1.165) is 24.3 Å². The predicted octanol–water partition coefficient (Wildman–Crippen LogP) is 2.63. The van der Waals surface area contributed by atoms with Gasteiger partial charge in [0.25, 0.3) is 0 Å². The van der Waals surface area contributed by atoms with E-state index in [1.807, 2.05) is 48.8 Å². The van der Waals surface area contributed by atoms with Crippen molar-refractivity contribution in [3.05, 3.63) is 66.6 Å². The van der Waals surface area contributed by atoms with Crippen molar-refractivity contribution >= 4 is 11.9 Å². The summed E-state index contributed by atoms with van der Waals surface area (Å²) in [4.78, 5) is 10.9. The smallest absolute Gasteiger partial charge is 0.196 e. The molecule has 0 aliphatic carbocycles. The third kappa shape index (κ3) is 3.63. The van der Waals surface area contributed by atoms with Gasteiger partial charge in [-0.15, -0.1) is 0 Å². The van der Waals surface area contributed by atoms with Crippen LogP contribution in [0.5, 0.6) is 5.75 Å². The number of nitrogens with zero attached hydrogens (tertiary/aromatic N) is 3. The summed E-state index contributed by atoms with van der Waals surface area (Å²) in [5, 5.41) is 12.7. The van der Waals surface area contributed by atoms with Crippen molar-refractivity contribution in [2.24, 2.45) is 4.99 Å². The second-order valence-electron chi connectivity index (χ2n) is 5.01. The molecule has 2 aromatic rings. The lowest BCUT2D eigenvalue weighted by Gasteiger charge is -2.30. The van der Waals surface area contributed by atoms with E-state index in [1.54, 1.807) is 18.3 Å². The van der Waals surface area contributed by atoms with Gasteiger partial charge in [-0.3, -0.25) is 4.98 Å². The second-order valence-corrected chi connectivity index (χ2v) is 5.01. The second kappa shape index (κ2) is 6.76. The molecule has 1 atom stereocenters. The average molecular weight is 294 g/mol. The fraction of sp³-hybridized carbons (Fsp3) is 0.176. The number of phenolic OH excluding ortho intramolecular Hbond substituents is 1. The minimum atomic E-state index is -0.154. The van der Waals surface area contributed by atoms with Gasteiger partial charge >= 0.3 is 0 Å². The van der Waals surface area contributed by atoms with E-state index in [0.29, 0.717) is 0 Å². The fourth-order valence-electron chi connectivity index (χ4n) is 2.26. The minimum absolute atomic E-state index is 0.154. The highest BCUT2D eigenvalue weighted by Gasteiger charge is 2.15. The summed E-state index contributed by atoms with van der Waals surface area (Å²) in [6, 6.07) is 12.9. The van der Waals surface area contributed by atoms with Crippen molar-refractivity contribution in [1.29, 1.82) is 0 Å². The summed E-state index contributed by atoms with van der Waals surface area (Å²) in [6.45, 7) is 0.820. The Morgan fingerprint density at radius 3 is 2.77 bits per heavy atom. The number of hydrogen-bond acceptors (Lipinski definition) is 5. The van der Waals surface area contributed by atoms with E-state index in [2.05, 4.69) is 20.2 Å². The van der Waals surface area contributed by atoms with Crippen LogP contribution < -0.4 is 5.32 Å². The Hall–Kier alpha value is -2.82. The van der Waals surface area contributed by atoms with Gasteiger partial charge in [0, 0.05) is 43.0 Å². The molecule has 1 unspecified atom stereocenters. The largest absolute Gasteiger partial charge is 0.508 e. The molecule has 112 valence electrons. The summed E-state index contributed by atoms with van der Waals surface area (Å²) in [5.74, 6) is 0.254. The van der Waals surface area contributed by atoms with Crippen LogP contribution in [0.3, 0.4) is 0 Å². The van der Waals surface area contributed by atoms with E-state index in [1.165, 1.54) is 0 Å². The van der Waals surface area contributed by atoms with Crippen LogP contribution in [-0.4, -0.2) is 34.0 Å². The number of nitrogens with one attached hydrogen (secondary N) is 1. The highest BCUT2D eigenvalue weighted by molar-refractivity contribution is 5.72. The number of pyridine rings is 1. The van der Waals surface area contributed by atoms with Crippen LogP contribution in [0.25, 0.3) is 0 Å². The molecule has 3 rings (SSSR count). The van der Waals surface area contributed by atoms with Crippen molar-refractivity contribution in [2.45, 2.75) is 12.7 Å². The SMILES string of the molecule is Oc1ccc(NC2N=CC=CN2CCc2ccccn2)cc1. The summed E-state index contributed by atoms with van der Waals surface area (Å²) in [6.07, 6.45) is 8.25. The lowest BCUT2D eigenvalue weighted by molar-refractivity contribution is 0.309. The molecule has 5 nitrogen and oxygen atoms in total. The van der Waals surface area contributed by atoms with Gasteiger partial charge in [-0.25, -0.2) is 4.99 Å². The van der Waals surface area contributed by atoms with Gasteiger partial charge in [-0.2, -0.15) is 0 Å². The third-order valence-corrected chi connectivity index (χ3v) is 3.42. The molecule has 5 heteroatoms. The first-order valence-corrected chi connectivity index (χ1v) is 7.22. The lowest BCUT2D eigenvalue weighted by atomic mass is 10.2. The van der Waals surface area contributed by atoms with Gasteiger partial charge in [-0.1, -0.05) is 6.07 Å². The molecule has 0 amide bonds. The number of allylic oxidation sites excluding steroid dienone is 1. The molecule has 1 aromatic heterocycles. The molecule has 1 aromatic carbocycles. The highest BCUT2D eigenvalue weighted by Crippen LogP contribution is 2.17. The van der Waals surface area contributed by atoms with Crippen LogP contribution in [0.1, 0.15) is 5.69 Å². The molecular weight excluding hydrogens is 276 g/mol. The normalized spacial score (nSPS) is 16.7. The quantitative estimate of drug-likeness (QED) is 0.832. The maximum atomic E-state index is 9.34. The topological polar surface area (TPSA) is 60.8 Å². The molecule has 0 fully saturated rings. The van der Waals surface area contributed by atoms with Gasteiger partial charge in [-0.05, 0) is 42.5 Å². The number of aromatic nitrogens is 1. The Morgan fingerprint density at radius 1 is 1.14 bits per heavy atom. The number of aliphatic imine (C=N–C) groups is 1. The molecule has 1 aliphatic rings. The van der Waals surface area contributed by atoms with Crippen LogP contribution in [-0.2, 0) is 6.42 Å². The molecule has 0 bridgehead atoms. The number of aromatic hydroxyl groups is 1. The zero-order chi connectivity index (χ0) is 15.2. The Balaban J connectivity index is 1.63. The number of anilines is 1. The minimum Gasteiger partial charge on any atom is -0.508 e. The number of phenols is 1. The molecule has 2 heterocycles. The number of rotatable bonds is 5.